The number of hydrogen-bond donors (Lipinski definition) is 1. The van der Waals surface area contributed by atoms with Crippen LogP contribution in [0.2, 0.25) is 0 Å². The fraction of sp³-hybridized carbons (Fsp3) is 0.368. The molecule has 2 aromatic carbocycles. The maximum absolute atomic E-state index is 9.54. The van der Waals surface area contributed by atoms with Crippen LogP contribution in [0, 0.1) is 13.8 Å². The maximum Gasteiger partial charge on any atom is 0.116 e. The van der Waals surface area contributed by atoms with Crippen molar-refractivity contribution in [3.8, 4) is 16.9 Å². The molecule has 1 fully saturated rings. The summed E-state index contributed by atoms with van der Waals surface area (Å²) in [6.07, 6.45) is 2.56. The van der Waals surface area contributed by atoms with Crippen LogP contribution in [0.25, 0.3) is 11.1 Å². The molecule has 22 heavy (non-hydrogen) atoms. The molecule has 0 bridgehead atoms. The lowest BCUT2D eigenvalue weighted by Gasteiger charge is -2.11. The monoisotopic (exact) mass is 318 g/mol. The van der Waals surface area contributed by atoms with Gasteiger partial charge < -0.3 is 9.84 Å². The summed E-state index contributed by atoms with van der Waals surface area (Å²) in [6, 6.07) is 11.8. The number of hydrogen-bond acceptors (Lipinski definition) is 2. The van der Waals surface area contributed by atoms with E-state index >= 15 is 0 Å². The molecular formula is C19H23ClO2. The Hall–Kier alpha value is -1.51. The minimum Gasteiger partial charge on any atom is -0.508 e. The molecule has 2 nitrogen and oxygen atoms in total. The molecule has 1 heterocycles. The number of aryl methyl sites for hydroxylation is 2. The third-order valence-corrected chi connectivity index (χ3v) is 4.02. The van der Waals surface area contributed by atoms with E-state index in [1.54, 1.807) is 12.1 Å². The molecule has 0 saturated carbocycles. The minimum absolute atomic E-state index is 0.317. The molecule has 1 aliphatic rings. The molecule has 0 atom stereocenters. The molecule has 0 spiro atoms. The smallest absolute Gasteiger partial charge is 0.116 e. The average molecular weight is 319 g/mol. The second kappa shape index (κ2) is 8.21. The van der Waals surface area contributed by atoms with E-state index in [0.29, 0.717) is 11.6 Å². The van der Waals surface area contributed by atoms with Crippen molar-refractivity contribution in [2.24, 2.45) is 0 Å². The molecule has 3 rings (SSSR count). The van der Waals surface area contributed by atoms with Gasteiger partial charge in [0.05, 0.1) is 0 Å². The first-order valence-electron chi connectivity index (χ1n) is 7.65. The molecule has 2 aromatic rings. The predicted molar refractivity (Wildman–Crippen MR) is 92.6 cm³/mol. The first-order valence-corrected chi connectivity index (χ1v) is 8.18. The van der Waals surface area contributed by atoms with Gasteiger partial charge in [-0.05, 0) is 72.7 Å². The van der Waals surface area contributed by atoms with E-state index < -0.39 is 0 Å². The Morgan fingerprint density at radius 3 is 2.18 bits per heavy atom. The molecule has 1 aliphatic heterocycles. The topological polar surface area (TPSA) is 29.5 Å². The van der Waals surface area contributed by atoms with Crippen molar-refractivity contribution in [3.05, 3.63) is 53.1 Å². The Kier molecular flexibility index (Phi) is 6.29. The van der Waals surface area contributed by atoms with E-state index in [2.05, 4.69) is 12.1 Å². The zero-order valence-corrected chi connectivity index (χ0v) is 14.0. The van der Waals surface area contributed by atoms with Crippen molar-refractivity contribution in [2.45, 2.75) is 32.6 Å². The number of alkyl halides is 1. The molecule has 0 aliphatic carbocycles. The number of aromatic hydroxyl groups is 1. The van der Waals surface area contributed by atoms with Crippen LogP contribution in [-0.2, 0) is 10.6 Å². The largest absolute Gasteiger partial charge is 0.508 e. The number of ether oxygens (including phenoxy) is 1. The number of rotatable bonds is 2. The normalized spacial score (nSPS) is 13.6. The summed E-state index contributed by atoms with van der Waals surface area (Å²) < 4.78 is 4.94. The lowest BCUT2D eigenvalue weighted by Crippen LogP contribution is -1.89. The minimum atomic E-state index is 0.317. The van der Waals surface area contributed by atoms with Gasteiger partial charge >= 0.3 is 0 Å². The summed E-state index contributed by atoms with van der Waals surface area (Å²) in [6.45, 7) is 6.02. The van der Waals surface area contributed by atoms with E-state index in [-0.39, 0.29) is 0 Å². The fourth-order valence-corrected chi connectivity index (χ4v) is 2.88. The second-order valence-corrected chi connectivity index (χ2v) is 5.88. The predicted octanol–water partition coefficient (Wildman–Crippen LogP) is 5.21. The first kappa shape index (κ1) is 16.9. The summed E-state index contributed by atoms with van der Waals surface area (Å²) in [4.78, 5) is 0. The van der Waals surface area contributed by atoms with Crippen LogP contribution >= 0.6 is 11.6 Å². The Morgan fingerprint density at radius 1 is 1.05 bits per heavy atom. The van der Waals surface area contributed by atoms with E-state index in [9.17, 15) is 5.11 Å². The molecule has 1 saturated heterocycles. The molecule has 3 heteroatoms. The number of phenols is 1. The van der Waals surface area contributed by atoms with Crippen molar-refractivity contribution in [1.29, 1.82) is 0 Å². The molecule has 1 N–H and O–H groups in total. The Balaban J connectivity index is 0.000000299. The van der Waals surface area contributed by atoms with Gasteiger partial charge in [-0.1, -0.05) is 18.2 Å². The molecule has 0 amide bonds. The van der Waals surface area contributed by atoms with Crippen molar-refractivity contribution in [2.75, 3.05) is 13.2 Å². The van der Waals surface area contributed by atoms with Crippen LogP contribution < -0.4 is 0 Å². The van der Waals surface area contributed by atoms with E-state index in [4.69, 9.17) is 16.3 Å². The van der Waals surface area contributed by atoms with Crippen LogP contribution in [0.3, 0.4) is 0 Å². The summed E-state index contributed by atoms with van der Waals surface area (Å²) in [7, 11) is 0. The lowest BCUT2D eigenvalue weighted by atomic mass is 9.94. The second-order valence-electron chi connectivity index (χ2n) is 5.61. The average Bonchev–Trinajstić information content (AvgIpc) is 3.06. The number of phenolic OH excluding ortho intramolecular Hbond substituents is 1. The Bertz CT molecular complexity index is 588. The van der Waals surface area contributed by atoms with Gasteiger partial charge in [0.25, 0.3) is 0 Å². The maximum atomic E-state index is 9.54. The molecule has 0 radical (unpaired) electrons. The van der Waals surface area contributed by atoms with Gasteiger partial charge in [0.2, 0.25) is 0 Å². The highest BCUT2D eigenvalue weighted by molar-refractivity contribution is 6.17. The van der Waals surface area contributed by atoms with Crippen LogP contribution in [0.5, 0.6) is 5.75 Å². The molecule has 0 unspecified atom stereocenters. The summed E-state index contributed by atoms with van der Waals surface area (Å²) in [5, 5.41) is 9.54. The molecular weight excluding hydrogens is 296 g/mol. The molecule has 118 valence electrons. The summed E-state index contributed by atoms with van der Waals surface area (Å²) >= 11 is 5.85. The number of halogens is 1. The van der Waals surface area contributed by atoms with Gasteiger partial charge in [0.1, 0.15) is 5.75 Å². The van der Waals surface area contributed by atoms with Crippen LogP contribution in [0.4, 0.5) is 0 Å². The third kappa shape index (κ3) is 4.49. The van der Waals surface area contributed by atoms with Crippen LogP contribution in [0.15, 0.2) is 36.4 Å². The van der Waals surface area contributed by atoms with Crippen LogP contribution in [-0.4, -0.2) is 18.3 Å². The van der Waals surface area contributed by atoms with E-state index in [1.165, 1.54) is 18.4 Å². The summed E-state index contributed by atoms with van der Waals surface area (Å²) in [5.41, 5.74) is 5.59. The van der Waals surface area contributed by atoms with Crippen LogP contribution in [0.1, 0.15) is 29.5 Å². The summed E-state index contributed by atoms with van der Waals surface area (Å²) in [5.74, 6) is 0.835. The SMILES string of the molecule is C1CCOC1.Cc1cc(O)cc(C)c1-c1cccc(CCl)c1. The van der Waals surface area contributed by atoms with Crippen molar-refractivity contribution in [3.63, 3.8) is 0 Å². The standard InChI is InChI=1S/C15H15ClO.C4H8O/c1-10-6-14(17)7-11(2)15(10)13-5-3-4-12(8-13)9-16;1-2-4-5-3-1/h3-8,17H,9H2,1-2H3;1-4H2. The number of benzene rings is 2. The van der Waals surface area contributed by atoms with Gasteiger partial charge in [0, 0.05) is 19.1 Å². The Labute approximate surface area is 137 Å². The first-order chi connectivity index (χ1) is 10.6. The lowest BCUT2D eigenvalue weighted by molar-refractivity contribution is 0.198. The zero-order valence-electron chi connectivity index (χ0n) is 13.2. The van der Waals surface area contributed by atoms with Gasteiger partial charge in [-0.15, -0.1) is 11.6 Å². The quantitative estimate of drug-likeness (QED) is 0.770. The van der Waals surface area contributed by atoms with Gasteiger partial charge in [-0.25, -0.2) is 0 Å². The van der Waals surface area contributed by atoms with Crippen molar-refractivity contribution >= 4 is 11.6 Å². The van der Waals surface area contributed by atoms with Crippen molar-refractivity contribution < 1.29 is 9.84 Å². The van der Waals surface area contributed by atoms with Crippen molar-refractivity contribution in [1.82, 2.24) is 0 Å². The van der Waals surface area contributed by atoms with E-state index in [0.717, 1.165) is 35.5 Å². The van der Waals surface area contributed by atoms with Gasteiger partial charge in [-0.3, -0.25) is 0 Å². The zero-order chi connectivity index (χ0) is 15.9. The highest BCUT2D eigenvalue weighted by atomic mass is 35.5. The van der Waals surface area contributed by atoms with E-state index in [1.807, 2.05) is 26.0 Å². The molecule has 0 aromatic heterocycles. The Morgan fingerprint density at radius 2 is 1.68 bits per heavy atom. The van der Waals surface area contributed by atoms with Gasteiger partial charge in [0.15, 0.2) is 0 Å². The third-order valence-electron chi connectivity index (χ3n) is 3.71. The fourth-order valence-electron chi connectivity index (χ4n) is 2.72. The van der Waals surface area contributed by atoms with Gasteiger partial charge in [-0.2, -0.15) is 0 Å². The highest BCUT2D eigenvalue weighted by Crippen LogP contribution is 2.31. The highest BCUT2D eigenvalue weighted by Gasteiger charge is 2.07.